The summed E-state index contributed by atoms with van der Waals surface area (Å²) >= 11 is 5.87. The molecule has 3 aromatic rings. The standard InChI is InChI=1S/C18H15ClN2O3/c1-12(22)21-15-6-8-16(9-7-15)23-11-18-20-10-17(24-18)13-2-4-14(19)5-3-13/h2-10H,11H2,1H3,(H,21,22). The van der Waals surface area contributed by atoms with Crippen molar-refractivity contribution in [1.82, 2.24) is 4.98 Å². The summed E-state index contributed by atoms with van der Waals surface area (Å²) in [6, 6.07) is 14.4. The van der Waals surface area contributed by atoms with Gasteiger partial charge < -0.3 is 14.5 Å². The molecule has 3 rings (SSSR count). The Morgan fingerprint density at radius 3 is 2.54 bits per heavy atom. The van der Waals surface area contributed by atoms with E-state index in [1.807, 2.05) is 12.1 Å². The number of carbonyl (C=O) groups excluding carboxylic acids is 1. The number of oxazole rings is 1. The summed E-state index contributed by atoms with van der Waals surface area (Å²) in [4.78, 5) is 15.2. The van der Waals surface area contributed by atoms with Gasteiger partial charge in [0.15, 0.2) is 12.4 Å². The van der Waals surface area contributed by atoms with Gasteiger partial charge >= 0.3 is 0 Å². The monoisotopic (exact) mass is 342 g/mol. The number of carbonyl (C=O) groups is 1. The van der Waals surface area contributed by atoms with Gasteiger partial charge in [-0.1, -0.05) is 11.6 Å². The molecule has 0 aliphatic carbocycles. The first-order valence-electron chi connectivity index (χ1n) is 7.31. The van der Waals surface area contributed by atoms with Crippen LogP contribution in [0.5, 0.6) is 5.75 Å². The van der Waals surface area contributed by atoms with Crippen molar-refractivity contribution in [3.05, 3.63) is 65.6 Å². The van der Waals surface area contributed by atoms with Crippen LogP contribution >= 0.6 is 11.6 Å². The van der Waals surface area contributed by atoms with Gasteiger partial charge in [-0.3, -0.25) is 4.79 Å². The SMILES string of the molecule is CC(=O)Nc1ccc(OCc2ncc(-c3ccc(Cl)cc3)o2)cc1. The summed E-state index contributed by atoms with van der Waals surface area (Å²) in [7, 11) is 0. The van der Waals surface area contributed by atoms with Gasteiger partial charge in [0.25, 0.3) is 0 Å². The zero-order valence-corrected chi connectivity index (χ0v) is 13.7. The molecule has 6 heteroatoms. The molecule has 0 aliphatic rings. The largest absolute Gasteiger partial charge is 0.484 e. The van der Waals surface area contributed by atoms with Gasteiger partial charge in [-0.15, -0.1) is 0 Å². The molecule has 1 N–H and O–H groups in total. The Hall–Kier alpha value is -2.79. The van der Waals surface area contributed by atoms with Crippen molar-refractivity contribution in [2.75, 3.05) is 5.32 Å². The third-order valence-corrected chi connectivity index (χ3v) is 3.47. The van der Waals surface area contributed by atoms with Crippen molar-refractivity contribution in [2.24, 2.45) is 0 Å². The van der Waals surface area contributed by atoms with E-state index in [0.717, 1.165) is 11.3 Å². The Labute approximate surface area is 144 Å². The van der Waals surface area contributed by atoms with E-state index >= 15 is 0 Å². The van der Waals surface area contributed by atoms with Crippen molar-refractivity contribution in [3.8, 4) is 17.1 Å². The summed E-state index contributed by atoms with van der Waals surface area (Å²) in [5.74, 6) is 1.69. The van der Waals surface area contributed by atoms with Crippen molar-refractivity contribution >= 4 is 23.2 Å². The van der Waals surface area contributed by atoms with Crippen LogP contribution in [0.15, 0.2) is 59.1 Å². The van der Waals surface area contributed by atoms with Crippen LogP contribution < -0.4 is 10.1 Å². The lowest BCUT2D eigenvalue weighted by molar-refractivity contribution is -0.114. The van der Waals surface area contributed by atoms with Crippen molar-refractivity contribution < 1.29 is 13.9 Å². The molecule has 122 valence electrons. The van der Waals surface area contributed by atoms with Crippen LogP contribution in [-0.4, -0.2) is 10.9 Å². The first-order valence-corrected chi connectivity index (χ1v) is 7.69. The maximum absolute atomic E-state index is 11.0. The highest BCUT2D eigenvalue weighted by molar-refractivity contribution is 6.30. The quantitative estimate of drug-likeness (QED) is 0.739. The minimum absolute atomic E-state index is 0.113. The number of nitrogens with one attached hydrogen (secondary N) is 1. The van der Waals surface area contributed by atoms with Crippen LogP contribution in [0.3, 0.4) is 0 Å². The Balaban J connectivity index is 1.61. The molecule has 0 radical (unpaired) electrons. The summed E-state index contributed by atoms with van der Waals surface area (Å²) in [5, 5.41) is 3.37. The van der Waals surface area contributed by atoms with Gasteiger partial charge in [0.1, 0.15) is 5.75 Å². The molecular weight excluding hydrogens is 328 g/mol. The number of rotatable bonds is 5. The molecule has 0 saturated carbocycles. The number of ether oxygens (including phenoxy) is 1. The molecule has 0 spiro atoms. The van der Waals surface area contributed by atoms with Crippen LogP contribution in [0, 0.1) is 0 Å². The van der Waals surface area contributed by atoms with E-state index in [1.54, 1.807) is 42.6 Å². The van der Waals surface area contributed by atoms with E-state index in [9.17, 15) is 4.79 Å². The molecule has 1 amide bonds. The Morgan fingerprint density at radius 2 is 1.88 bits per heavy atom. The maximum Gasteiger partial charge on any atom is 0.232 e. The maximum atomic E-state index is 11.0. The molecule has 0 unspecified atom stereocenters. The highest BCUT2D eigenvalue weighted by Gasteiger charge is 2.07. The molecule has 2 aromatic carbocycles. The molecule has 5 nitrogen and oxygen atoms in total. The van der Waals surface area contributed by atoms with Gasteiger partial charge in [0, 0.05) is 23.2 Å². The second kappa shape index (κ2) is 7.19. The highest BCUT2D eigenvalue weighted by atomic mass is 35.5. The number of nitrogens with zero attached hydrogens (tertiary/aromatic N) is 1. The Bertz CT molecular complexity index is 826. The number of aromatic nitrogens is 1. The first kappa shape index (κ1) is 16.1. The van der Waals surface area contributed by atoms with Crippen molar-refractivity contribution in [2.45, 2.75) is 13.5 Å². The van der Waals surface area contributed by atoms with E-state index in [4.69, 9.17) is 20.8 Å². The first-order chi connectivity index (χ1) is 11.6. The van der Waals surface area contributed by atoms with Crippen LogP contribution in [-0.2, 0) is 11.4 Å². The lowest BCUT2D eigenvalue weighted by Crippen LogP contribution is -2.05. The number of amides is 1. The third-order valence-electron chi connectivity index (χ3n) is 3.22. The minimum atomic E-state index is -0.113. The fourth-order valence-corrected chi connectivity index (χ4v) is 2.23. The summed E-state index contributed by atoms with van der Waals surface area (Å²) in [5.41, 5.74) is 1.62. The molecule has 0 bridgehead atoms. The number of hydrogen-bond donors (Lipinski definition) is 1. The van der Waals surface area contributed by atoms with E-state index in [1.165, 1.54) is 6.92 Å². The molecular formula is C18H15ClN2O3. The van der Waals surface area contributed by atoms with Crippen molar-refractivity contribution in [1.29, 1.82) is 0 Å². The van der Waals surface area contributed by atoms with E-state index < -0.39 is 0 Å². The minimum Gasteiger partial charge on any atom is -0.484 e. The molecule has 0 atom stereocenters. The molecule has 1 heterocycles. The lowest BCUT2D eigenvalue weighted by Gasteiger charge is -2.05. The van der Waals surface area contributed by atoms with Gasteiger partial charge in [-0.05, 0) is 48.5 Å². The van der Waals surface area contributed by atoms with Crippen LogP contribution in [0.25, 0.3) is 11.3 Å². The molecule has 0 fully saturated rings. The summed E-state index contributed by atoms with van der Waals surface area (Å²) in [6.07, 6.45) is 1.65. The van der Waals surface area contributed by atoms with E-state index in [2.05, 4.69) is 10.3 Å². The summed E-state index contributed by atoms with van der Waals surface area (Å²) < 4.78 is 11.3. The topological polar surface area (TPSA) is 64.4 Å². The molecule has 24 heavy (non-hydrogen) atoms. The fraction of sp³-hybridized carbons (Fsp3) is 0.111. The normalized spacial score (nSPS) is 10.4. The number of anilines is 1. The van der Waals surface area contributed by atoms with Crippen molar-refractivity contribution in [3.63, 3.8) is 0 Å². The number of benzene rings is 2. The number of hydrogen-bond acceptors (Lipinski definition) is 4. The van der Waals surface area contributed by atoms with Gasteiger partial charge in [0.2, 0.25) is 11.8 Å². The average molecular weight is 343 g/mol. The Morgan fingerprint density at radius 1 is 1.17 bits per heavy atom. The van der Waals surface area contributed by atoms with Crippen LogP contribution in [0.4, 0.5) is 5.69 Å². The fourth-order valence-electron chi connectivity index (χ4n) is 2.11. The van der Waals surface area contributed by atoms with E-state index in [-0.39, 0.29) is 12.5 Å². The van der Waals surface area contributed by atoms with Crippen LogP contribution in [0.2, 0.25) is 5.02 Å². The number of halogens is 1. The molecule has 0 saturated heterocycles. The zero-order chi connectivity index (χ0) is 16.9. The highest BCUT2D eigenvalue weighted by Crippen LogP contribution is 2.23. The van der Waals surface area contributed by atoms with Gasteiger partial charge in [-0.2, -0.15) is 0 Å². The third kappa shape index (κ3) is 4.14. The summed E-state index contributed by atoms with van der Waals surface area (Å²) in [6.45, 7) is 1.68. The Kier molecular flexibility index (Phi) is 4.82. The van der Waals surface area contributed by atoms with Gasteiger partial charge in [0.05, 0.1) is 6.20 Å². The van der Waals surface area contributed by atoms with Gasteiger partial charge in [-0.25, -0.2) is 4.98 Å². The molecule has 1 aromatic heterocycles. The lowest BCUT2D eigenvalue weighted by atomic mass is 10.2. The zero-order valence-electron chi connectivity index (χ0n) is 13.0. The average Bonchev–Trinajstić information content (AvgIpc) is 3.03. The van der Waals surface area contributed by atoms with Crippen LogP contribution in [0.1, 0.15) is 12.8 Å². The second-order valence-corrected chi connectivity index (χ2v) is 5.56. The van der Waals surface area contributed by atoms with E-state index in [0.29, 0.717) is 22.4 Å². The smallest absolute Gasteiger partial charge is 0.232 e. The molecule has 0 aliphatic heterocycles. The predicted octanol–water partition coefficient (Wildman–Crippen LogP) is 4.53. The second-order valence-electron chi connectivity index (χ2n) is 5.12. The predicted molar refractivity (Wildman–Crippen MR) is 92.0 cm³/mol.